The number of aromatic amines is 1. The zero-order valence-electron chi connectivity index (χ0n) is 18.5. The van der Waals surface area contributed by atoms with E-state index < -0.39 is 6.04 Å². The van der Waals surface area contributed by atoms with Gasteiger partial charge in [-0.15, -0.1) is 0 Å². The van der Waals surface area contributed by atoms with Gasteiger partial charge in [0.1, 0.15) is 5.82 Å². The summed E-state index contributed by atoms with van der Waals surface area (Å²) in [4.78, 5) is 24.7. The van der Waals surface area contributed by atoms with Crippen LogP contribution in [-0.2, 0) is 11.2 Å². The van der Waals surface area contributed by atoms with Crippen molar-refractivity contribution in [2.24, 2.45) is 11.5 Å². The minimum absolute atomic E-state index is 0.0295. The Labute approximate surface area is 188 Å². The largest absolute Gasteiger partial charge is 0.401 e. The number of unbranched alkanes of at least 4 members (excludes halogenated alkanes) is 1. The number of carbonyl (C=O) groups excluding carboxylic acids is 1. The van der Waals surface area contributed by atoms with Gasteiger partial charge in [0.25, 0.3) is 0 Å². The van der Waals surface area contributed by atoms with E-state index in [1.54, 1.807) is 0 Å². The lowest BCUT2D eigenvalue weighted by molar-refractivity contribution is -0.132. The average Bonchev–Trinajstić information content (AvgIpc) is 3.21. The van der Waals surface area contributed by atoms with Crippen LogP contribution in [0.1, 0.15) is 32.5 Å². The van der Waals surface area contributed by atoms with Gasteiger partial charge in [-0.1, -0.05) is 26.0 Å². The number of nitrogens with two attached hydrogens (primary N) is 2. The zero-order valence-corrected chi connectivity index (χ0v) is 19.4. The smallest absolute Gasteiger partial charge is 0.240 e. The molecule has 0 aliphatic carbocycles. The van der Waals surface area contributed by atoms with Crippen molar-refractivity contribution in [1.82, 2.24) is 14.9 Å². The number of imidazole rings is 1. The van der Waals surface area contributed by atoms with Crippen molar-refractivity contribution in [3.05, 3.63) is 45.2 Å². The molecule has 5 N–H and O–H groups in total. The maximum absolute atomic E-state index is 12.3. The number of anilines is 1. The third kappa shape index (κ3) is 5.25. The van der Waals surface area contributed by atoms with Crippen LogP contribution in [0, 0.1) is 10.6 Å². The number of nitrogens with one attached hydrogen (secondary N) is 1. The molecular weight excluding hydrogens is 408 g/mol. The summed E-state index contributed by atoms with van der Waals surface area (Å²) in [5, 5.41) is 3.61. The lowest BCUT2D eigenvalue weighted by atomic mass is 10.1. The third-order valence-electron chi connectivity index (χ3n) is 5.73. The molecule has 0 saturated carbocycles. The number of rotatable bonds is 6. The molecule has 1 aliphatic rings. The summed E-state index contributed by atoms with van der Waals surface area (Å²) in [6.07, 6.45) is 3.08. The van der Waals surface area contributed by atoms with Gasteiger partial charge in [0.2, 0.25) is 5.91 Å². The first-order valence-corrected chi connectivity index (χ1v) is 11.5. The van der Waals surface area contributed by atoms with Crippen molar-refractivity contribution >= 4 is 36.5 Å². The van der Waals surface area contributed by atoms with E-state index in [9.17, 15) is 4.79 Å². The molecule has 1 saturated heterocycles. The average molecular weight is 443 g/mol. The Hall–Kier alpha value is -2.45. The molecular formula is C23H34N6OS. The third-order valence-corrected chi connectivity index (χ3v) is 6.13. The van der Waals surface area contributed by atoms with Gasteiger partial charge in [-0.3, -0.25) is 4.79 Å². The molecule has 0 radical (unpaired) electrons. The van der Waals surface area contributed by atoms with Gasteiger partial charge in [-0.05, 0) is 30.7 Å². The second-order valence-corrected chi connectivity index (χ2v) is 8.50. The second kappa shape index (κ2) is 10.2. The number of aryl methyl sites for hydroxylation is 1. The highest BCUT2D eigenvalue weighted by Crippen LogP contribution is 2.16. The summed E-state index contributed by atoms with van der Waals surface area (Å²) in [7, 11) is 0. The SMILES string of the molecule is C=c1ccc(N2CCN(C(=O)C(N)CS)CC2)c/c1=c1\nc(CCCC)[nH]\c1=C(\C)N. The van der Waals surface area contributed by atoms with Crippen LogP contribution >= 0.6 is 12.6 Å². The van der Waals surface area contributed by atoms with Crippen LogP contribution in [0.2, 0.25) is 0 Å². The van der Waals surface area contributed by atoms with Crippen molar-refractivity contribution in [2.45, 2.75) is 39.2 Å². The highest BCUT2D eigenvalue weighted by Gasteiger charge is 2.24. The van der Waals surface area contributed by atoms with Crippen LogP contribution < -0.4 is 26.9 Å². The van der Waals surface area contributed by atoms with E-state index in [0.717, 1.165) is 65.0 Å². The molecule has 1 aromatic carbocycles. The quantitative estimate of drug-likeness (QED) is 0.486. The molecule has 1 aromatic heterocycles. The normalized spacial score (nSPS) is 17.5. The predicted octanol–water partition coefficient (Wildman–Crippen LogP) is 0.442. The fourth-order valence-corrected chi connectivity index (χ4v) is 4.00. The fraction of sp³-hybridized carbons (Fsp3) is 0.478. The van der Waals surface area contributed by atoms with Gasteiger partial charge in [0.15, 0.2) is 0 Å². The zero-order chi connectivity index (χ0) is 22.5. The fourth-order valence-electron chi connectivity index (χ4n) is 3.84. The first-order chi connectivity index (χ1) is 14.8. The van der Waals surface area contributed by atoms with Crippen LogP contribution in [0.25, 0.3) is 12.3 Å². The van der Waals surface area contributed by atoms with Gasteiger partial charge in [-0.25, -0.2) is 4.98 Å². The Balaban J connectivity index is 1.96. The van der Waals surface area contributed by atoms with Gasteiger partial charge < -0.3 is 26.3 Å². The number of thiol groups is 1. The Morgan fingerprint density at radius 3 is 2.65 bits per heavy atom. The summed E-state index contributed by atoms with van der Waals surface area (Å²) < 4.78 is 0. The highest BCUT2D eigenvalue weighted by molar-refractivity contribution is 7.80. The molecule has 1 aliphatic heterocycles. The molecule has 168 valence electrons. The standard InChI is InChI=1S/C23H34N6OS/c1-4-5-6-20-26-21(16(3)24)22(27-20)18-13-17(8-7-15(18)2)28-9-11-29(12-10-28)23(30)19(25)14-31/h7-8,13,19,31H,2,4-6,9-12,14,24-25H2,1,3H3,(H,26,27)/b21-16-,22-18+. The Morgan fingerprint density at radius 2 is 2.03 bits per heavy atom. The lowest BCUT2D eigenvalue weighted by Crippen LogP contribution is -2.53. The van der Waals surface area contributed by atoms with Crippen molar-refractivity contribution < 1.29 is 4.79 Å². The van der Waals surface area contributed by atoms with Crippen LogP contribution in [0.15, 0.2) is 18.2 Å². The van der Waals surface area contributed by atoms with Crippen molar-refractivity contribution in [1.29, 1.82) is 0 Å². The minimum atomic E-state index is -0.539. The number of nitrogens with zero attached hydrogens (tertiary/aromatic N) is 3. The molecule has 31 heavy (non-hydrogen) atoms. The first kappa shape index (κ1) is 23.2. The number of H-pyrrole nitrogens is 1. The van der Waals surface area contributed by atoms with E-state index in [1.807, 2.05) is 17.9 Å². The Morgan fingerprint density at radius 1 is 1.32 bits per heavy atom. The van der Waals surface area contributed by atoms with Crippen LogP contribution in [0.4, 0.5) is 5.69 Å². The predicted molar refractivity (Wildman–Crippen MR) is 130 cm³/mol. The summed E-state index contributed by atoms with van der Waals surface area (Å²) >= 11 is 4.14. The molecule has 2 aromatic rings. The molecule has 1 unspecified atom stereocenters. The molecule has 0 spiro atoms. The van der Waals surface area contributed by atoms with E-state index in [0.29, 0.717) is 24.5 Å². The summed E-state index contributed by atoms with van der Waals surface area (Å²) in [6, 6.07) is 5.69. The molecule has 8 heteroatoms. The number of carbonyl (C=O) groups is 1. The number of aromatic nitrogens is 2. The van der Waals surface area contributed by atoms with Gasteiger partial charge >= 0.3 is 0 Å². The summed E-state index contributed by atoms with van der Waals surface area (Å²) in [5.41, 5.74) is 13.8. The Kier molecular flexibility index (Phi) is 7.67. The van der Waals surface area contributed by atoms with Gasteiger partial charge in [0.05, 0.1) is 16.7 Å². The van der Waals surface area contributed by atoms with Gasteiger partial charge in [-0.2, -0.15) is 12.6 Å². The number of piperazine rings is 1. The molecule has 1 fully saturated rings. The van der Waals surface area contributed by atoms with Crippen LogP contribution in [0.5, 0.6) is 0 Å². The van der Waals surface area contributed by atoms with Crippen LogP contribution in [0.3, 0.4) is 0 Å². The second-order valence-electron chi connectivity index (χ2n) is 8.14. The topological polar surface area (TPSA) is 104 Å². The van der Waals surface area contributed by atoms with E-state index in [2.05, 4.69) is 48.1 Å². The van der Waals surface area contributed by atoms with E-state index in [1.165, 1.54) is 0 Å². The maximum Gasteiger partial charge on any atom is 0.240 e. The van der Waals surface area contributed by atoms with E-state index >= 15 is 0 Å². The molecule has 1 atom stereocenters. The van der Waals surface area contributed by atoms with Crippen molar-refractivity contribution in [2.75, 3.05) is 36.8 Å². The Bertz CT molecular complexity index is 1120. The maximum atomic E-state index is 12.3. The number of hydrogen-bond donors (Lipinski definition) is 4. The van der Waals surface area contributed by atoms with Gasteiger partial charge in [0, 0.05) is 55.0 Å². The first-order valence-electron chi connectivity index (χ1n) is 10.9. The van der Waals surface area contributed by atoms with E-state index in [4.69, 9.17) is 16.5 Å². The summed E-state index contributed by atoms with van der Waals surface area (Å²) in [5.74, 6) is 1.28. The number of benzene rings is 1. The van der Waals surface area contributed by atoms with E-state index in [-0.39, 0.29) is 5.91 Å². The number of hydrogen-bond acceptors (Lipinski definition) is 6. The molecule has 3 rings (SSSR count). The van der Waals surface area contributed by atoms with Crippen molar-refractivity contribution in [3.8, 4) is 0 Å². The highest BCUT2D eigenvalue weighted by atomic mass is 32.1. The van der Waals surface area contributed by atoms with Crippen LogP contribution in [-0.4, -0.2) is 58.7 Å². The van der Waals surface area contributed by atoms with Crippen molar-refractivity contribution in [3.63, 3.8) is 0 Å². The molecule has 7 nitrogen and oxygen atoms in total. The molecule has 0 bridgehead atoms. The monoisotopic (exact) mass is 442 g/mol. The molecule has 2 heterocycles. The molecule has 1 amide bonds. The minimum Gasteiger partial charge on any atom is -0.401 e. The lowest BCUT2D eigenvalue weighted by Gasteiger charge is -2.37. The summed E-state index contributed by atoms with van der Waals surface area (Å²) in [6.45, 7) is 11.1. The number of amides is 1.